The van der Waals surface area contributed by atoms with Crippen LogP contribution in [0.15, 0.2) is 46.7 Å². The molecule has 0 unspecified atom stereocenters. The van der Waals surface area contributed by atoms with Crippen molar-refractivity contribution in [1.29, 1.82) is 0 Å². The number of carbonyl (C=O) groups is 1. The van der Waals surface area contributed by atoms with Crippen LogP contribution in [-0.2, 0) is 37.7 Å². The van der Waals surface area contributed by atoms with Gasteiger partial charge in [-0.2, -0.15) is 0 Å². The van der Waals surface area contributed by atoms with Crippen LogP contribution in [0.25, 0.3) is 22.2 Å². The first-order chi connectivity index (χ1) is 16.9. The maximum atomic E-state index is 11.7. The Bertz CT molecular complexity index is 1140. The van der Waals surface area contributed by atoms with Crippen molar-refractivity contribution in [2.75, 3.05) is 0 Å². The van der Waals surface area contributed by atoms with Crippen molar-refractivity contribution < 1.29 is 34.4 Å². The molecule has 0 saturated carbocycles. The summed E-state index contributed by atoms with van der Waals surface area (Å²) in [7, 11) is 0. The van der Waals surface area contributed by atoms with Crippen molar-refractivity contribution in [3.63, 3.8) is 0 Å². The third-order valence-electron chi connectivity index (χ3n) is 7.17. The first kappa shape index (κ1) is 30.0. The molecule has 1 aliphatic carbocycles. The van der Waals surface area contributed by atoms with Gasteiger partial charge in [0.15, 0.2) is 5.78 Å². The molecule has 0 amide bonds. The number of nitrogens with zero attached hydrogens (tertiary/aromatic N) is 1. The third kappa shape index (κ3) is 7.17. The zero-order chi connectivity index (χ0) is 25.4. The molecule has 0 atom stereocenters. The molecular formula is C31H40IrNO3-. The number of hydrogen-bond acceptors (Lipinski definition) is 4. The summed E-state index contributed by atoms with van der Waals surface area (Å²) in [5.74, 6) is 1.71. The molecule has 197 valence electrons. The smallest absolute Gasteiger partial charge is 0.162 e. The van der Waals surface area contributed by atoms with Gasteiger partial charge in [-0.05, 0) is 68.7 Å². The van der Waals surface area contributed by atoms with Crippen molar-refractivity contribution in [3.05, 3.63) is 65.3 Å². The normalized spacial score (nSPS) is 13.2. The Hall–Kier alpha value is -2.23. The Morgan fingerprint density at radius 2 is 1.72 bits per heavy atom. The van der Waals surface area contributed by atoms with Gasteiger partial charge in [-0.15, -0.1) is 18.2 Å². The molecule has 4 nitrogen and oxygen atoms in total. The van der Waals surface area contributed by atoms with Crippen molar-refractivity contribution in [1.82, 2.24) is 4.98 Å². The third-order valence-corrected chi connectivity index (χ3v) is 7.17. The van der Waals surface area contributed by atoms with E-state index in [4.69, 9.17) is 4.42 Å². The van der Waals surface area contributed by atoms with Crippen LogP contribution in [-0.4, -0.2) is 15.9 Å². The van der Waals surface area contributed by atoms with E-state index in [-0.39, 0.29) is 43.5 Å². The molecule has 0 fully saturated rings. The van der Waals surface area contributed by atoms with Gasteiger partial charge < -0.3 is 14.5 Å². The molecule has 0 spiro atoms. The Morgan fingerprint density at radius 3 is 2.33 bits per heavy atom. The average molecular weight is 667 g/mol. The number of hydrogen-bond donors (Lipinski definition) is 1. The SMILES string of the molecule is CCC(CC)C(=O)/C=C(\O)C(CC)CC.Cc1ccc(-c2[c-]ccc3c4c(oc23)CCCC4)nc1.[Ir]. The molecule has 1 aliphatic rings. The predicted octanol–water partition coefficient (Wildman–Crippen LogP) is 8.35. The van der Waals surface area contributed by atoms with Crippen LogP contribution in [0.1, 0.15) is 83.1 Å². The molecule has 0 aliphatic heterocycles. The molecule has 1 radical (unpaired) electrons. The summed E-state index contributed by atoms with van der Waals surface area (Å²) < 4.78 is 6.14. The fourth-order valence-corrected chi connectivity index (χ4v) is 4.81. The molecule has 0 saturated heterocycles. The average Bonchev–Trinajstić information content (AvgIpc) is 3.25. The van der Waals surface area contributed by atoms with E-state index in [1.54, 1.807) is 0 Å². The summed E-state index contributed by atoms with van der Waals surface area (Å²) in [6.45, 7) is 10.1. The Kier molecular flexibility index (Phi) is 12.1. The van der Waals surface area contributed by atoms with Crippen LogP contribution >= 0.6 is 0 Å². The van der Waals surface area contributed by atoms with Crippen LogP contribution < -0.4 is 0 Å². The van der Waals surface area contributed by atoms with Crippen LogP contribution in [0, 0.1) is 24.8 Å². The van der Waals surface area contributed by atoms with E-state index < -0.39 is 0 Å². The van der Waals surface area contributed by atoms with E-state index in [1.165, 1.54) is 41.2 Å². The number of pyridine rings is 1. The van der Waals surface area contributed by atoms with E-state index in [0.29, 0.717) is 0 Å². The minimum absolute atomic E-state index is 0. The quantitative estimate of drug-likeness (QED) is 0.149. The minimum atomic E-state index is 0. The van der Waals surface area contributed by atoms with Gasteiger partial charge in [0.25, 0.3) is 0 Å². The van der Waals surface area contributed by atoms with Gasteiger partial charge in [-0.3, -0.25) is 4.79 Å². The van der Waals surface area contributed by atoms with E-state index in [0.717, 1.165) is 55.4 Å². The second-order valence-electron chi connectivity index (χ2n) is 9.53. The van der Waals surface area contributed by atoms with E-state index in [1.807, 2.05) is 52.9 Å². The van der Waals surface area contributed by atoms with Crippen LogP contribution in [0.5, 0.6) is 0 Å². The van der Waals surface area contributed by atoms with Gasteiger partial charge in [0.1, 0.15) is 0 Å². The predicted molar refractivity (Wildman–Crippen MR) is 144 cm³/mol. The summed E-state index contributed by atoms with van der Waals surface area (Å²) in [6.07, 6.45) is 11.5. The van der Waals surface area contributed by atoms with E-state index in [9.17, 15) is 9.90 Å². The topological polar surface area (TPSA) is 63.3 Å². The molecule has 5 heteroatoms. The summed E-state index contributed by atoms with van der Waals surface area (Å²) in [5.41, 5.74) is 5.44. The van der Waals surface area contributed by atoms with E-state index >= 15 is 0 Å². The fraction of sp³-hybridized carbons (Fsp3) is 0.484. The second kappa shape index (κ2) is 14.5. The number of aryl methyl sites for hydroxylation is 3. The number of aliphatic hydroxyl groups is 1. The van der Waals surface area contributed by atoms with E-state index in [2.05, 4.69) is 23.2 Å². The van der Waals surface area contributed by atoms with Gasteiger partial charge in [0.2, 0.25) is 0 Å². The van der Waals surface area contributed by atoms with Crippen molar-refractivity contribution in [2.24, 2.45) is 11.8 Å². The number of rotatable bonds is 8. The molecule has 4 rings (SSSR count). The van der Waals surface area contributed by atoms with Crippen molar-refractivity contribution >= 4 is 16.8 Å². The molecule has 2 aromatic heterocycles. The first-order valence-electron chi connectivity index (χ1n) is 13.3. The molecule has 1 N–H and O–H groups in total. The zero-order valence-corrected chi connectivity index (χ0v) is 24.7. The number of aliphatic hydroxyl groups excluding tert-OH is 1. The number of allylic oxidation sites excluding steroid dienone is 2. The maximum absolute atomic E-state index is 11.7. The Balaban J connectivity index is 0.000000260. The van der Waals surface area contributed by atoms with Crippen LogP contribution in [0.3, 0.4) is 0 Å². The van der Waals surface area contributed by atoms with Gasteiger partial charge in [-0.1, -0.05) is 50.8 Å². The molecule has 1 aromatic carbocycles. The summed E-state index contributed by atoms with van der Waals surface area (Å²) in [4.78, 5) is 16.2. The number of benzene rings is 1. The number of fused-ring (bicyclic) bond motifs is 3. The molecule has 2 heterocycles. The molecule has 36 heavy (non-hydrogen) atoms. The standard InChI is InChI=1S/C18H16NO.C13H24O2.Ir/c1-12-9-10-16(19-11-12)15-7-4-6-14-13-5-2-3-8-17(13)20-18(14)15;1-5-10(6-2)12(14)9-13(15)11(7-3)8-4;/h4,6,9-11H,2-3,5,8H2,1H3;9-11,14H,5-8H2,1-4H3;/q-1;;/b;12-9-;. The van der Waals surface area contributed by atoms with Crippen LogP contribution in [0.2, 0.25) is 0 Å². The molecular weight excluding hydrogens is 627 g/mol. The van der Waals surface area contributed by atoms with Gasteiger partial charge >= 0.3 is 0 Å². The summed E-state index contributed by atoms with van der Waals surface area (Å²) in [5, 5.41) is 11.0. The molecule has 3 aromatic rings. The van der Waals surface area contributed by atoms with Gasteiger partial charge in [0.05, 0.1) is 17.1 Å². The number of furan rings is 1. The summed E-state index contributed by atoms with van der Waals surface area (Å²) in [6, 6.07) is 11.5. The zero-order valence-electron chi connectivity index (χ0n) is 22.3. The van der Waals surface area contributed by atoms with Gasteiger partial charge in [-0.25, -0.2) is 0 Å². The minimum Gasteiger partial charge on any atom is -0.512 e. The largest absolute Gasteiger partial charge is 0.512 e. The van der Waals surface area contributed by atoms with Crippen molar-refractivity contribution in [2.45, 2.75) is 86.0 Å². The number of ketones is 1. The second-order valence-corrected chi connectivity index (χ2v) is 9.53. The Labute approximate surface area is 229 Å². The van der Waals surface area contributed by atoms with Crippen LogP contribution in [0.4, 0.5) is 0 Å². The van der Waals surface area contributed by atoms with Gasteiger partial charge in [0, 0.05) is 50.6 Å². The number of aromatic nitrogens is 1. The maximum Gasteiger partial charge on any atom is 0.162 e. The first-order valence-corrected chi connectivity index (χ1v) is 13.3. The monoisotopic (exact) mass is 667 g/mol. The summed E-state index contributed by atoms with van der Waals surface area (Å²) >= 11 is 0. The Morgan fingerprint density at radius 1 is 1.06 bits per heavy atom. The fourth-order valence-electron chi connectivity index (χ4n) is 4.81. The number of carbonyl (C=O) groups excluding carboxylic acids is 1. The molecule has 0 bridgehead atoms. The van der Waals surface area contributed by atoms with Crippen molar-refractivity contribution in [3.8, 4) is 11.3 Å².